The molecule has 2 amide bonds. The second-order valence-corrected chi connectivity index (χ2v) is 4.23. The van der Waals surface area contributed by atoms with Crippen LogP contribution < -0.4 is 10.1 Å². The Morgan fingerprint density at radius 1 is 1.19 bits per heavy atom. The van der Waals surface area contributed by atoms with Gasteiger partial charge >= 0.3 is 11.8 Å². The van der Waals surface area contributed by atoms with Crippen molar-refractivity contribution in [2.75, 3.05) is 33.4 Å². The summed E-state index contributed by atoms with van der Waals surface area (Å²) in [5, 5.41) is 20.2. The molecule has 0 spiro atoms. The molecule has 7 heteroatoms. The number of rotatable bonds is 7. The second kappa shape index (κ2) is 8.93. The molecule has 116 valence electrons. The van der Waals surface area contributed by atoms with Gasteiger partial charge in [-0.25, -0.2) is 0 Å². The van der Waals surface area contributed by atoms with E-state index in [4.69, 9.17) is 14.9 Å². The first-order valence-corrected chi connectivity index (χ1v) is 6.54. The van der Waals surface area contributed by atoms with Gasteiger partial charge in [0, 0.05) is 25.2 Å². The van der Waals surface area contributed by atoms with Crippen molar-refractivity contribution in [3.8, 4) is 5.75 Å². The van der Waals surface area contributed by atoms with Crippen molar-refractivity contribution < 1.29 is 24.5 Å². The number of aliphatic hydroxyl groups excluding tert-OH is 2. The molecule has 0 fully saturated rings. The maximum Gasteiger partial charge on any atom is 0.312 e. The molecule has 21 heavy (non-hydrogen) atoms. The minimum atomic E-state index is -0.789. The lowest BCUT2D eigenvalue weighted by atomic mass is 10.2. The zero-order valence-corrected chi connectivity index (χ0v) is 11.9. The van der Waals surface area contributed by atoms with Crippen LogP contribution in [0.2, 0.25) is 0 Å². The first kappa shape index (κ1) is 16.9. The summed E-state index contributed by atoms with van der Waals surface area (Å²) in [4.78, 5) is 24.8. The Balaban J connectivity index is 2.61. The van der Waals surface area contributed by atoms with Crippen molar-refractivity contribution in [2.24, 2.45) is 0 Å². The first-order valence-electron chi connectivity index (χ1n) is 6.54. The molecule has 0 heterocycles. The highest BCUT2D eigenvalue weighted by Crippen LogP contribution is 2.16. The maximum atomic E-state index is 11.9. The van der Waals surface area contributed by atoms with Gasteiger partial charge in [-0.3, -0.25) is 9.59 Å². The number of amides is 2. The summed E-state index contributed by atoms with van der Waals surface area (Å²) in [5.41, 5.74) is 0.747. The number of para-hydroxylation sites is 1. The molecule has 0 atom stereocenters. The molecule has 0 aromatic heterocycles. The average Bonchev–Trinajstić information content (AvgIpc) is 2.51. The van der Waals surface area contributed by atoms with E-state index in [0.717, 1.165) is 10.5 Å². The third kappa shape index (κ3) is 5.05. The van der Waals surface area contributed by atoms with Gasteiger partial charge in [0.1, 0.15) is 5.75 Å². The fourth-order valence-corrected chi connectivity index (χ4v) is 1.80. The zero-order chi connectivity index (χ0) is 15.7. The van der Waals surface area contributed by atoms with E-state index in [1.54, 1.807) is 24.3 Å². The van der Waals surface area contributed by atoms with E-state index in [1.807, 2.05) is 0 Å². The molecule has 1 aromatic carbocycles. The van der Waals surface area contributed by atoms with E-state index in [-0.39, 0.29) is 32.8 Å². The summed E-state index contributed by atoms with van der Waals surface area (Å²) >= 11 is 0. The van der Waals surface area contributed by atoms with Gasteiger partial charge in [0.25, 0.3) is 0 Å². The molecule has 0 unspecified atom stereocenters. The van der Waals surface area contributed by atoms with Crippen LogP contribution in [0.1, 0.15) is 5.56 Å². The molecule has 1 rings (SSSR count). The average molecular weight is 296 g/mol. The number of nitrogens with zero attached hydrogens (tertiary/aromatic N) is 1. The van der Waals surface area contributed by atoms with Gasteiger partial charge in [0.15, 0.2) is 0 Å². The van der Waals surface area contributed by atoms with Gasteiger partial charge in [0.2, 0.25) is 0 Å². The van der Waals surface area contributed by atoms with E-state index in [0.29, 0.717) is 5.75 Å². The number of carbonyl (C=O) groups is 2. The Morgan fingerprint density at radius 2 is 1.81 bits per heavy atom. The molecule has 0 saturated heterocycles. The number of methoxy groups -OCH3 is 1. The highest BCUT2D eigenvalue weighted by molar-refractivity contribution is 6.34. The summed E-state index contributed by atoms with van der Waals surface area (Å²) in [5.74, 6) is -0.955. The molecule has 3 N–H and O–H groups in total. The fraction of sp³-hybridized carbons (Fsp3) is 0.429. The van der Waals surface area contributed by atoms with Crippen LogP contribution >= 0.6 is 0 Å². The number of benzene rings is 1. The van der Waals surface area contributed by atoms with Gasteiger partial charge in [-0.15, -0.1) is 0 Å². The number of ether oxygens (including phenoxy) is 1. The Morgan fingerprint density at radius 3 is 2.38 bits per heavy atom. The highest BCUT2D eigenvalue weighted by Gasteiger charge is 2.20. The zero-order valence-electron chi connectivity index (χ0n) is 11.9. The number of hydrogen-bond acceptors (Lipinski definition) is 5. The van der Waals surface area contributed by atoms with Gasteiger partial charge in [-0.1, -0.05) is 18.2 Å². The smallest absolute Gasteiger partial charge is 0.312 e. The maximum absolute atomic E-state index is 11.9. The van der Waals surface area contributed by atoms with Crippen molar-refractivity contribution in [1.29, 1.82) is 0 Å². The lowest BCUT2D eigenvalue weighted by Crippen LogP contribution is -2.45. The predicted molar refractivity (Wildman–Crippen MR) is 75.6 cm³/mol. The minimum Gasteiger partial charge on any atom is -0.496 e. The van der Waals surface area contributed by atoms with E-state index in [2.05, 4.69) is 5.32 Å². The first-order chi connectivity index (χ1) is 10.1. The third-order valence-corrected chi connectivity index (χ3v) is 2.85. The number of nitrogens with one attached hydrogen (secondary N) is 1. The van der Waals surface area contributed by atoms with Crippen LogP contribution in [0.5, 0.6) is 5.75 Å². The van der Waals surface area contributed by atoms with E-state index >= 15 is 0 Å². The Bertz CT molecular complexity index is 472. The standard InChI is InChI=1S/C14H20N2O5/c1-21-12-5-3-2-4-11(12)10-15-13(19)14(20)16(6-8-17)7-9-18/h2-5,17-18H,6-10H2,1H3,(H,15,19). The number of hydrogen-bond donors (Lipinski definition) is 3. The van der Waals surface area contributed by atoms with Crippen LogP contribution in [0.15, 0.2) is 24.3 Å². The molecule has 0 aliphatic rings. The third-order valence-electron chi connectivity index (χ3n) is 2.85. The second-order valence-electron chi connectivity index (χ2n) is 4.23. The van der Waals surface area contributed by atoms with Crippen LogP contribution in [-0.4, -0.2) is 60.3 Å². The monoisotopic (exact) mass is 296 g/mol. The van der Waals surface area contributed by atoms with Gasteiger partial charge < -0.3 is 25.2 Å². The fourth-order valence-electron chi connectivity index (χ4n) is 1.80. The molecule has 0 saturated carbocycles. The quantitative estimate of drug-likeness (QED) is 0.568. The molecular weight excluding hydrogens is 276 g/mol. The molecule has 0 radical (unpaired) electrons. The molecule has 1 aromatic rings. The number of aliphatic hydroxyl groups is 2. The van der Waals surface area contributed by atoms with Crippen LogP contribution in [0.4, 0.5) is 0 Å². The lowest BCUT2D eigenvalue weighted by Gasteiger charge is -2.20. The lowest BCUT2D eigenvalue weighted by molar-refractivity contribution is -0.146. The predicted octanol–water partition coefficient (Wildman–Crippen LogP) is -0.875. The van der Waals surface area contributed by atoms with Gasteiger partial charge in [-0.2, -0.15) is 0 Å². The minimum absolute atomic E-state index is 0.00146. The summed E-state index contributed by atoms with van der Waals surface area (Å²) in [6.45, 7) is -0.388. The van der Waals surface area contributed by atoms with Crippen LogP contribution in [0, 0.1) is 0 Å². The summed E-state index contributed by atoms with van der Waals surface area (Å²) < 4.78 is 5.15. The Hall–Kier alpha value is -2.12. The highest BCUT2D eigenvalue weighted by atomic mass is 16.5. The van der Waals surface area contributed by atoms with Crippen LogP contribution in [-0.2, 0) is 16.1 Å². The normalized spacial score (nSPS) is 10.0. The van der Waals surface area contributed by atoms with E-state index in [9.17, 15) is 9.59 Å². The van der Waals surface area contributed by atoms with Crippen LogP contribution in [0.25, 0.3) is 0 Å². The van der Waals surface area contributed by atoms with Crippen molar-refractivity contribution >= 4 is 11.8 Å². The summed E-state index contributed by atoms with van der Waals surface area (Å²) in [6, 6.07) is 7.14. The largest absolute Gasteiger partial charge is 0.496 e. The SMILES string of the molecule is COc1ccccc1CNC(=O)C(=O)N(CCO)CCO. The summed E-state index contributed by atoms with van der Waals surface area (Å²) in [6.07, 6.45) is 0. The molecular formula is C14H20N2O5. The molecule has 7 nitrogen and oxygen atoms in total. The van der Waals surface area contributed by atoms with Crippen LogP contribution in [0.3, 0.4) is 0 Å². The Labute approximate surface area is 123 Å². The molecule has 0 bridgehead atoms. The topological polar surface area (TPSA) is 99.1 Å². The molecule has 0 aliphatic carbocycles. The number of carbonyl (C=O) groups excluding carboxylic acids is 2. The summed E-state index contributed by atoms with van der Waals surface area (Å²) in [7, 11) is 1.52. The van der Waals surface area contributed by atoms with Crippen molar-refractivity contribution in [1.82, 2.24) is 10.2 Å². The van der Waals surface area contributed by atoms with Crippen molar-refractivity contribution in [3.05, 3.63) is 29.8 Å². The van der Waals surface area contributed by atoms with Crippen molar-refractivity contribution in [2.45, 2.75) is 6.54 Å². The van der Waals surface area contributed by atoms with E-state index < -0.39 is 11.8 Å². The van der Waals surface area contributed by atoms with Gasteiger partial charge in [0.05, 0.1) is 20.3 Å². The van der Waals surface area contributed by atoms with Gasteiger partial charge in [-0.05, 0) is 6.07 Å². The van der Waals surface area contributed by atoms with Crippen molar-refractivity contribution in [3.63, 3.8) is 0 Å². The van der Waals surface area contributed by atoms with E-state index in [1.165, 1.54) is 7.11 Å². The Kier molecular flexibility index (Phi) is 7.20. The molecule has 0 aliphatic heterocycles.